The number of halogens is 1. The van der Waals surface area contributed by atoms with Gasteiger partial charge >= 0.3 is 0 Å². The highest BCUT2D eigenvalue weighted by atomic mass is 19.1. The van der Waals surface area contributed by atoms with Gasteiger partial charge in [0.1, 0.15) is 5.82 Å². The lowest BCUT2D eigenvalue weighted by Gasteiger charge is -2.17. The molecule has 1 aromatic rings. The Kier molecular flexibility index (Phi) is 4.51. The second kappa shape index (κ2) is 6.34. The normalized spacial score (nSPS) is 18.6. The fourth-order valence-electron chi connectivity index (χ4n) is 2.20. The van der Waals surface area contributed by atoms with Crippen molar-refractivity contribution < 1.29 is 9.18 Å². The molecule has 3 heteroatoms. The van der Waals surface area contributed by atoms with Crippen LogP contribution < -0.4 is 5.32 Å². The van der Waals surface area contributed by atoms with Crippen molar-refractivity contribution in [3.05, 3.63) is 47.8 Å². The minimum Gasteiger partial charge on any atom is -0.356 e. The van der Waals surface area contributed by atoms with Crippen molar-refractivity contribution in [2.75, 3.05) is 6.54 Å². The average Bonchev–Trinajstić information content (AvgIpc) is 2.40. The molecule has 2 rings (SSSR count). The summed E-state index contributed by atoms with van der Waals surface area (Å²) in [5, 5.41) is 2.93. The summed E-state index contributed by atoms with van der Waals surface area (Å²) in [4.78, 5) is 11.8. The third-order valence-corrected chi connectivity index (χ3v) is 3.24. The first-order chi connectivity index (χ1) is 8.75. The van der Waals surface area contributed by atoms with Crippen LogP contribution in [0.15, 0.2) is 36.4 Å². The summed E-state index contributed by atoms with van der Waals surface area (Å²) in [5.74, 6) is 0.00880. The monoisotopic (exact) mass is 247 g/mol. The molecule has 1 aliphatic carbocycles. The molecule has 0 saturated heterocycles. The van der Waals surface area contributed by atoms with E-state index in [-0.39, 0.29) is 17.6 Å². The zero-order chi connectivity index (χ0) is 12.8. The maximum absolute atomic E-state index is 12.9. The van der Waals surface area contributed by atoms with Gasteiger partial charge in [0, 0.05) is 12.5 Å². The first-order valence-electron chi connectivity index (χ1n) is 6.43. The average molecular weight is 247 g/mol. The maximum Gasteiger partial charge on any atom is 0.223 e. The minimum absolute atomic E-state index is 0.113. The van der Waals surface area contributed by atoms with Gasteiger partial charge in [-0.2, -0.15) is 0 Å². The lowest BCUT2D eigenvalue weighted by molar-refractivity contribution is -0.125. The number of amides is 1. The highest BCUT2D eigenvalue weighted by molar-refractivity contribution is 5.78. The van der Waals surface area contributed by atoms with Crippen LogP contribution in [0.25, 0.3) is 0 Å². The van der Waals surface area contributed by atoms with E-state index in [0.717, 1.165) is 24.8 Å². The molecule has 0 bridgehead atoms. The Bertz CT molecular complexity index is 442. The minimum atomic E-state index is -0.226. The fourth-order valence-corrected chi connectivity index (χ4v) is 2.20. The molecular formula is C15H18FNO. The van der Waals surface area contributed by atoms with Gasteiger partial charge in [0.05, 0.1) is 0 Å². The van der Waals surface area contributed by atoms with E-state index in [1.54, 1.807) is 6.07 Å². The van der Waals surface area contributed by atoms with Crippen LogP contribution in [0.3, 0.4) is 0 Å². The largest absolute Gasteiger partial charge is 0.356 e. The molecule has 0 radical (unpaired) electrons. The van der Waals surface area contributed by atoms with Gasteiger partial charge in [0.2, 0.25) is 5.91 Å². The molecule has 1 aromatic carbocycles. The first-order valence-corrected chi connectivity index (χ1v) is 6.43. The van der Waals surface area contributed by atoms with Crippen molar-refractivity contribution in [3.63, 3.8) is 0 Å². The van der Waals surface area contributed by atoms with Gasteiger partial charge in [-0.15, -0.1) is 0 Å². The Hall–Kier alpha value is -1.64. The van der Waals surface area contributed by atoms with Crippen LogP contribution in [0.4, 0.5) is 4.39 Å². The summed E-state index contributed by atoms with van der Waals surface area (Å²) in [5.41, 5.74) is 0.916. The van der Waals surface area contributed by atoms with Gasteiger partial charge in [-0.05, 0) is 43.4 Å². The molecule has 0 aromatic heterocycles. The number of benzene rings is 1. The van der Waals surface area contributed by atoms with E-state index in [4.69, 9.17) is 0 Å². The van der Waals surface area contributed by atoms with E-state index in [1.807, 2.05) is 6.07 Å². The SMILES string of the molecule is O=C(NCCc1cccc(F)c1)[C@H]1CC=CCC1. The van der Waals surface area contributed by atoms with E-state index in [9.17, 15) is 9.18 Å². The summed E-state index contributed by atoms with van der Waals surface area (Å²) in [6, 6.07) is 6.50. The maximum atomic E-state index is 12.9. The van der Waals surface area contributed by atoms with E-state index in [0.29, 0.717) is 13.0 Å². The highest BCUT2D eigenvalue weighted by Crippen LogP contribution is 2.17. The van der Waals surface area contributed by atoms with Crippen LogP contribution in [-0.4, -0.2) is 12.5 Å². The summed E-state index contributed by atoms with van der Waals surface area (Å²) >= 11 is 0. The van der Waals surface area contributed by atoms with Crippen LogP contribution in [0.5, 0.6) is 0 Å². The number of allylic oxidation sites excluding steroid dienone is 2. The Morgan fingerprint density at radius 1 is 1.39 bits per heavy atom. The van der Waals surface area contributed by atoms with Crippen molar-refractivity contribution in [3.8, 4) is 0 Å². The predicted octanol–water partition coefficient (Wildman–Crippen LogP) is 2.84. The van der Waals surface area contributed by atoms with Crippen LogP contribution >= 0.6 is 0 Å². The van der Waals surface area contributed by atoms with Gasteiger partial charge in [-0.25, -0.2) is 4.39 Å². The quantitative estimate of drug-likeness (QED) is 0.814. The smallest absolute Gasteiger partial charge is 0.223 e. The lowest BCUT2D eigenvalue weighted by Crippen LogP contribution is -2.32. The number of rotatable bonds is 4. The predicted molar refractivity (Wildman–Crippen MR) is 69.6 cm³/mol. The molecule has 96 valence electrons. The van der Waals surface area contributed by atoms with Gasteiger partial charge in [-0.1, -0.05) is 24.3 Å². The van der Waals surface area contributed by atoms with Crippen molar-refractivity contribution in [1.29, 1.82) is 0 Å². The van der Waals surface area contributed by atoms with Gasteiger partial charge in [0.25, 0.3) is 0 Å². The molecule has 18 heavy (non-hydrogen) atoms. The second-order valence-corrected chi connectivity index (χ2v) is 4.65. The fraction of sp³-hybridized carbons (Fsp3) is 0.400. The molecule has 2 nitrogen and oxygen atoms in total. The van der Waals surface area contributed by atoms with Crippen LogP contribution in [-0.2, 0) is 11.2 Å². The molecule has 1 amide bonds. The van der Waals surface area contributed by atoms with Crippen LogP contribution in [0.2, 0.25) is 0 Å². The van der Waals surface area contributed by atoms with E-state index >= 15 is 0 Å². The van der Waals surface area contributed by atoms with Crippen molar-refractivity contribution in [2.45, 2.75) is 25.7 Å². The molecule has 0 unspecified atom stereocenters. The summed E-state index contributed by atoms with van der Waals surface area (Å²) in [6.07, 6.45) is 7.62. The summed E-state index contributed by atoms with van der Waals surface area (Å²) in [6.45, 7) is 0.572. The van der Waals surface area contributed by atoms with Crippen molar-refractivity contribution in [2.24, 2.45) is 5.92 Å². The second-order valence-electron chi connectivity index (χ2n) is 4.65. The molecule has 0 spiro atoms. The number of carbonyl (C=O) groups excluding carboxylic acids is 1. The molecule has 1 atom stereocenters. The number of hydrogen-bond donors (Lipinski definition) is 1. The number of carbonyl (C=O) groups is 1. The molecule has 0 saturated carbocycles. The van der Waals surface area contributed by atoms with Crippen molar-refractivity contribution >= 4 is 5.91 Å². The van der Waals surface area contributed by atoms with E-state index in [1.165, 1.54) is 12.1 Å². The zero-order valence-electron chi connectivity index (χ0n) is 10.4. The van der Waals surface area contributed by atoms with Gasteiger partial charge < -0.3 is 5.32 Å². The Balaban J connectivity index is 1.75. The molecule has 1 N–H and O–H groups in total. The van der Waals surface area contributed by atoms with Gasteiger partial charge in [0.15, 0.2) is 0 Å². The Morgan fingerprint density at radius 3 is 3.00 bits per heavy atom. The third-order valence-electron chi connectivity index (χ3n) is 3.24. The summed E-state index contributed by atoms with van der Waals surface area (Å²) in [7, 11) is 0. The Labute approximate surface area is 107 Å². The van der Waals surface area contributed by atoms with E-state index in [2.05, 4.69) is 17.5 Å². The van der Waals surface area contributed by atoms with Crippen LogP contribution in [0, 0.1) is 11.7 Å². The topological polar surface area (TPSA) is 29.1 Å². The molecular weight excluding hydrogens is 229 g/mol. The third kappa shape index (κ3) is 3.69. The van der Waals surface area contributed by atoms with Crippen LogP contribution in [0.1, 0.15) is 24.8 Å². The standard InChI is InChI=1S/C15H18FNO/c16-14-8-4-5-12(11-14)9-10-17-15(18)13-6-2-1-3-7-13/h1-2,4-5,8,11,13H,3,6-7,9-10H2,(H,17,18)/t13-/m0/s1. The van der Waals surface area contributed by atoms with Crippen molar-refractivity contribution in [1.82, 2.24) is 5.32 Å². The molecule has 0 heterocycles. The zero-order valence-corrected chi connectivity index (χ0v) is 10.4. The number of nitrogens with one attached hydrogen (secondary N) is 1. The van der Waals surface area contributed by atoms with E-state index < -0.39 is 0 Å². The number of hydrogen-bond acceptors (Lipinski definition) is 1. The van der Waals surface area contributed by atoms with Gasteiger partial charge in [-0.3, -0.25) is 4.79 Å². The molecule has 0 aliphatic heterocycles. The summed E-state index contributed by atoms with van der Waals surface area (Å²) < 4.78 is 12.9. The molecule has 1 aliphatic rings. The molecule has 0 fully saturated rings. The first kappa shape index (κ1) is 12.8. The Morgan fingerprint density at radius 2 is 2.28 bits per heavy atom. The highest BCUT2D eigenvalue weighted by Gasteiger charge is 2.17. The lowest BCUT2D eigenvalue weighted by atomic mass is 9.93.